The molecule has 0 aliphatic carbocycles. The van der Waals surface area contributed by atoms with Gasteiger partial charge in [0.05, 0.1) is 15.1 Å². The average molecular weight is 408 g/mol. The van der Waals surface area contributed by atoms with Crippen LogP contribution in [0.5, 0.6) is 11.5 Å². The van der Waals surface area contributed by atoms with Crippen LogP contribution < -0.4 is 14.8 Å². The number of carbonyl (C=O) groups excluding carboxylic acids is 1. The molecule has 1 aromatic carbocycles. The Bertz CT molecular complexity index is 908. The fraction of sp³-hybridized carbons (Fsp3) is 0.133. The van der Waals surface area contributed by atoms with Gasteiger partial charge in [-0.2, -0.15) is 0 Å². The second-order valence-electron chi connectivity index (χ2n) is 4.92. The minimum Gasteiger partial charge on any atom is -0.454 e. The maximum atomic E-state index is 12.0. The SMILES string of the molecule is O=C(Nc1nnc(Cc2ccc3c(c2)OCO3)o1)c1ccc(Br)s1. The van der Waals surface area contributed by atoms with Crippen molar-refractivity contribution in [3.8, 4) is 11.5 Å². The van der Waals surface area contributed by atoms with Gasteiger partial charge in [0.25, 0.3) is 5.91 Å². The number of ether oxygens (including phenoxy) is 2. The number of aromatic nitrogens is 2. The van der Waals surface area contributed by atoms with Crippen LogP contribution in [-0.4, -0.2) is 22.9 Å². The minimum atomic E-state index is -0.288. The molecule has 3 heterocycles. The summed E-state index contributed by atoms with van der Waals surface area (Å²) in [7, 11) is 0. The molecule has 3 aromatic rings. The lowest BCUT2D eigenvalue weighted by molar-refractivity contribution is 0.102. The normalized spacial score (nSPS) is 12.4. The number of nitrogens with zero attached hydrogens (tertiary/aromatic N) is 2. The number of hydrogen-bond donors (Lipinski definition) is 1. The van der Waals surface area contributed by atoms with Crippen LogP contribution in [0, 0.1) is 0 Å². The van der Waals surface area contributed by atoms with Crippen LogP contribution in [-0.2, 0) is 6.42 Å². The van der Waals surface area contributed by atoms with E-state index in [9.17, 15) is 4.79 Å². The van der Waals surface area contributed by atoms with Gasteiger partial charge in [-0.3, -0.25) is 10.1 Å². The van der Waals surface area contributed by atoms with Crippen molar-refractivity contribution in [3.63, 3.8) is 0 Å². The molecule has 0 spiro atoms. The number of thiophene rings is 1. The van der Waals surface area contributed by atoms with E-state index in [1.54, 1.807) is 12.1 Å². The Morgan fingerprint density at radius 1 is 1.21 bits per heavy atom. The van der Waals surface area contributed by atoms with Gasteiger partial charge in [0.2, 0.25) is 12.7 Å². The molecular formula is C15H10BrN3O4S. The summed E-state index contributed by atoms with van der Waals surface area (Å²) in [6.07, 6.45) is 0.435. The van der Waals surface area contributed by atoms with E-state index < -0.39 is 0 Å². The highest BCUT2D eigenvalue weighted by Crippen LogP contribution is 2.33. The molecule has 1 aliphatic heterocycles. The van der Waals surface area contributed by atoms with Gasteiger partial charge in [0.1, 0.15) is 0 Å². The molecule has 4 rings (SSSR count). The fourth-order valence-corrected chi connectivity index (χ4v) is 3.48. The molecule has 9 heteroatoms. The smallest absolute Gasteiger partial charge is 0.322 e. The summed E-state index contributed by atoms with van der Waals surface area (Å²) < 4.78 is 17.0. The Balaban J connectivity index is 1.44. The Hall–Kier alpha value is -2.39. The number of carbonyl (C=O) groups is 1. The molecule has 0 saturated heterocycles. The Kier molecular flexibility index (Phi) is 3.95. The highest BCUT2D eigenvalue weighted by atomic mass is 79.9. The zero-order valence-corrected chi connectivity index (χ0v) is 14.5. The quantitative estimate of drug-likeness (QED) is 0.712. The zero-order valence-electron chi connectivity index (χ0n) is 12.1. The second-order valence-corrected chi connectivity index (χ2v) is 7.39. The molecule has 0 atom stereocenters. The number of hydrogen-bond acceptors (Lipinski definition) is 7. The monoisotopic (exact) mass is 407 g/mol. The van der Waals surface area contributed by atoms with E-state index in [1.165, 1.54) is 11.3 Å². The standard InChI is InChI=1S/C15H10BrN3O4S/c16-12-4-3-11(24-12)14(20)17-15-19-18-13(23-15)6-8-1-2-9-10(5-8)22-7-21-9/h1-5H,6-7H2,(H,17,19,20). The predicted octanol–water partition coefficient (Wildman–Crippen LogP) is 3.47. The predicted molar refractivity (Wildman–Crippen MR) is 89.6 cm³/mol. The van der Waals surface area contributed by atoms with Crippen molar-refractivity contribution in [2.45, 2.75) is 6.42 Å². The number of anilines is 1. The van der Waals surface area contributed by atoms with Crippen molar-refractivity contribution in [1.82, 2.24) is 10.2 Å². The second kappa shape index (κ2) is 6.25. The number of benzene rings is 1. The first kappa shape index (κ1) is 15.2. The molecule has 0 unspecified atom stereocenters. The number of amides is 1. The molecule has 24 heavy (non-hydrogen) atoms. The zero-order chi connectivity index (χ0) is 16.5. The minimum absolute atomic E-state index is 0.0697. The molecule has 0 fully saturated rings. The average Bonchev–Trinajstić information content (AvgIpc) is 3.28. The van der Waals surface area contributed by atoms with Crippen molar-refractivity contribution < 1.29 is 18.7 Å². The van der Waals surface area contributed by atoms with E-state index in [4.69, 9.17) is 13.9 Å². The molecule has 1 N–H and O–H groups in total. The van der Waals surface area contributed by atoms with Crippen LogP contribution in [0.2, 0.25) is 0 Å². The molecule has 1 amide bonds. The topological polar surface area (TPSA) is 86.5 Å². The lowest BCUT2D eigenvalue weighted by Crippen LogP contribution is -2.10. The van der Waals surface area contributed by atoms with Crippen LogP contribution in [0.3, 0.4) is 0 Å². The summed E-state index contributed by atoms with van der Waals surface area (Å²) in [6.45, 7) is 0.231. The van der Waals surface area contributed by atoms with E-state index in [0.29, 0.717) is 22.9 Å². The molecule has 0 bridgehead atoms. The molecule has 122 valence electrons. The Morgan fingerprint density at radius 3 is 2.92 bits per heavy atom. The van der Waals surface area contributed by atoms with Gasteiger partial charge in [-0.25, -0.2) is 0 Å². The van der Waals surface area contributed by atoms with E-state index in [1.807, 2.05) is 18.2 Å². The molecule has 1 aliphatic rings. The third kappa shape index (κ3) is 3.13. The number of halogens is 1. The van der Waals surface area contributed by atoms with Crippen LogP contribution >= 0.6 is 27.3 Å². The number of fused-ring (bicyclic) bond motifs is 1. The summed E-state index contributed by atoms with van der Waals surface area (Å²) in [4.78, 5) is 12.6. The van der Waals surface area contributed by atoms with Gasteiger partial charge in [-0.05, 0) is 45.8 Å². The first-order valence-corrected chi connectivity index (χ1v) is 8.56. The Labute approximate surface area is 148 Å². The molecular weight excluding hydrogens is 398 g/mol. The van der Waals surface area contributed by atoms with E-state index in [2.05, 4.69) is 31.4 Å². The van der Waals surface area contributed by atoms with Crippen LogP contribution in [0.1, 0.15) is 21.1 Å². The van der Waals surface area contributed by atoms with Gasteiger partial charge in [0.15, 0.2) is 11.5 Å². The molecule has 0 saturated carbocycles. The first-order valence-electron chi connectivity index (χ1n) is 6.95. The summed E-state index contributed by atoms with van der Waals surface area (Å²) in [6, 6.07) is 9.20. The van der Waals surface area contributed by atoms with Gasteiger partial charge in [0, 0.05) is 0 Å². The lowest BCUT2D eigenvalue weighted by atomic mass is 10.1. The number of rotatable bonds is 4. The van der Waals surface area contributed by atoms with Gasteiger partial charge >= 0.3 is 6.01 Å². The van der Waals surface area contributed by atoms with Gasteiger partial charge in [-0.15, -0.1) is 16.4 Å². The highest BCUT2D eigenvalue weighted by Gasteiger charge is 2.16. The maximum Gasteiger partial charge on any atom is 0.322 e. The summed E-state index contributed by atoms with van der Waals surface area (Å²) in [5.41, 5.74) is 0.947. The summed E-state index contributed by atoms with van der Waals surface area (Å²) in [5, 5.41) is 10.4. The first-order chi connectivity index (χ1) is 11.7. The van der Waals surface area contributed by atoms with Crippen LogP contribution in [0.4, 0.5) is 6.01 Å². The van der Waals surface area contributed by atoms with Crippen molar-refractivity contribution >= 4 is 39.2 Å². The molecule has 0 radical (unpaired) electrons. The van der Waals surface area contributed by atoms with Gasteiger partial charge < -0.3 is 13.9 Å². The largest absolute Gasteiger partial charge is 0.454 e. The highest BCUT2D eigenvalue weighted by molar-refractivity contribution is 9.11. The van der Waals surface area contributed by atoms with Crippen LogP contribution in [0.15, 0.2) is 38.5 Å². The van der Waals surface area contributed by atoms with Crippen molar-refractivity contribution in [2.75, 3.05) is 12.1 Å². The fourth-order valence-electron chi connectivity index (χ4n) is 2.20. The molecule has 7 nitrogen and oxygen atoms in total. The van der Waals surface area contributed by atoms with Crippen molar-refractivity contribution in [2.24, 2.45) is 0 Å². The molecule has 2 aromatic heterocycles. The van der Waals surface area contributed by atoms with E-state index >= 15 is 0 Å². The maximum absolute atomic E-state index is 12.0. The summed E-state index contributed by atoms with van der Waals surface area (Å²) in [5.74, 6) is 1.53. The number of nitrogens with one attached hydrogen (secondary N) is 1. The third-order valence-corrected chi connectivity index (χ3v) is 4.90. The van der Waals surface area contributed by atoms with Crippen LogP contribution in [0.25, 0.3) is 0 Å². The van der Waals surface area contributed by atoms with E-state index in [0.717, 1.165) is 15.1 Å². The van der Waals surface area contributed by atoms with Crippen molar-refractivity contribution in [1.29, 1.82) is 0 Å². The van der Waals surface area contributed by atoms with Gasteiger partial charge in [-0.1, -0.05) is 11.2 Å². The lowest BCUT2D eigenvalue weighted by Gasteiger charge is -2.00. The summed E-state index contributed by atoms with van der Waals surface area (Å²) >= 11 is 4.64. The van der Waals surface area contributed by atoms with E-state index in [-0.39, 0.29) is 18.7 Å². The van der Waals surface area contributed by atoms with Crippen molar-refractivity contribution in [3.05, 3.63) is 50.4 Å². The Morgan fingerprint density at radius 2 is 2.08 bits per heavy atom. The third-order valence-electron chi connectivity index (χ3n) is 3.28.